The maximum atomic E-state index is 5.62. The molecule has 0 aliphatic rings. The average Bonchev–Trinajstić information content (AvgIpc) is 2.88. The molecule has 0 spiro atoms. The van der Waals surface area contributed by atoms with Crippen molar-refractivity contribution in [3.63, 3.8) is 0 Å². The second kappa shape index (κ2) is 6.56. The first-order valence-corrected chi connectivity index (χ1v) is 6.83. The van der Waals surface area contributed by atoms with Crippen molar-refractivity contribution < 1.29 is 4.42 Å². The Morgan fingerprint density at radius 2 is 2.00 bits per heavy atom. The maximum Gasteiger partial charge on any atom is 0.230 e. The van der Waals surface area contributed by atoms with Gasteiger partial charge in [-0.3, -0.25) is 14.9 Å². The Labute approximate surface area is 119 Å². The maximum absolute atomic E-state index is 5.62. The van der Waals surface area contributed by atoms with Crippen molar-refractivity contribution in [2.75, 3.05) is 7.05 Å². The highest BCUT2D eigenvalue weighted by Gasteiger charge is 2.15. The van der Waals surface area contributed by atoms with E-state index in [-0.39, 0.29) is 5.92 Å². The Kier molecular flexibility index (Phi) is 4.79. The molecule has 0 aliphatic heterocycles. The standard InChI is InChI=1S/C14H21N5O/c1-10(2)14-18-17-13(20-14)9-19(4)11(3)7-12-8-15-5-6-16-12/h5-6,8,10-11H,7,9H2,1-4H3. The van der Waals surface area contributed by atoms with Crippen molar-refractivity contribution in [2.24, 2.45) is 0 Å². The summed E-state index contributed by atoms with van der Waals surface area (Å²) in [4.78, 5) is 10.5. The average molecular weight is 275 g/mol. The van der Waals surface area contributed by atoms with Crippen LogP contribution in [-0.2, 0) is 13.0 Å². The summed E-state index contributed by atoms with van der Waals surface area (Å²) in [6.45, 7) is 6.87. The molecule has 0 bridgehead atoms. The minimum absolute atomic E-state index is 0.263. The highest BCUT2D eigenvalue weighted by molar-refractivity contribution is 4.97. The van der Waals surface area contributed by atoms with Gasteiger partial charge in [-0.15, -0.1) is 10.2 Å². The first-order chi connectivity index (χ1) is 9.56. The Balaban J connectivity index is 1.91. The summed E-state index contributed by atoms with van der Waals surface area (Å²) in [6.07, 6.45) is 6.04. The molecule has 0 aliphatic carbocycles. The Morgan fingerprint density at radius 3 is 2.60 bits per heavy atom. The van der Waals surface area contributed by atoms with E-state index < -0.39 is 0 Å². The highest BCUT2D eigenvalue weighted by atomic mass is 16.4. The fraction of sp³-hybridized carbons (Fsp3) is 0.571. The van der Waals surface area contributed by atoms with Crippen LogP contribution in [0.5, 0.6) is 0 Å². The lowest BCUT2D eigenvalue weighted by Gasteiger charge is -2.22. The van der Waals surface area contributed by atoms with Crippen molar-refractivity contribution in [1.29, 1.82) is 0 Å². The van der Waals surface area contributed by atoms with Crippen molar-refractivity contribution >= 4 is 0 Å². The van der Waals surface area contributed by atoms with Crippen LogP contribution in [0, 0.1) is 0 Å². The summed E-state index contributed by atoms with van der Waals surface area (Å²) >= 11 is 0. The van der Waals surface area contributed by atoms with Crippen LogP contribution in [0.2, 0.25) is 0 Å². The lowest BCUT2D eigenvalue weighted by Crippen LogP contribution is -2.30. The third-order valence-corrected chi connectivity index (χ3v) is 3.23. The van der Waals surface area contributed by atoms with Crippen molar-refractivity contribution in [3.05, 3.63) is 36.1 Å². The lowest BCUT2D eigenvalue weighted by molar-refractivity contribution is 0.220. The molecule has 2 aromatic heterocycles. The Bertz CT molecular complexity index is 525. The van der Waals surface area contributed by atoms with Crippen LogP contribution in [0.15, 0.2) is 23.0 Å². The molecule has 6 nitrogen and oxygen atoms in total. The number of likely N-dealkylation sites (N-methyl/N-ethyl adjacent to an activating group) is 1. The first-order valence-electron chi connectivity index (χ1n) is 6.83. The molecule has 0 fully saturated rings. The summed E-state index contributed by atoms with van der Waals surface area (Å²) in [7, 11) is 2.04. The molecule has 20 heavy (non-hydrogen) atoms. The van der Waals surface area contributed by atoms with Gasteiger partial charge >= 0.3 is 0 Å². The van der Waals surface area contributed by atoms with Gasteiger partial charge in [0, 0.05) is 37.0 Å². The van der Waals surface area contributed by atoms with Crippen molar-refractivity contribution in [1.82, 2.24) is 25.1 Å². The Morgan fingerprint density at radius 1 is 1.20 bits per heavy atom. The molecule has 0 radical (unpaired) electrons. The predicted molar refractivity (Wildman–Crippen MR) is 75.1 cm³/mol. The first kappa shape index (κ1) is 14.6. The van der Waals surface area contributed by atoms with Crippen LogP contribution in [0.3, 0.4) is 0 Å². The Hall–Kier alpha value is -1.82. The molecule has 1 atom stereocenters. The fourth-order valence-electron chi connectivity index (χ4n) is 1.83. The van der Waals surface area contributed by atoms with Gasteiger partial charge in [-0.2, -0.15) is 0 Å². The molecule has 1 unspecified atom stereocenters. The number of hydrogen-bond donors (Lipinski definition) is 0. The molecule has 2 aromatic rings. The van der Waals surface area contributed by atoms with Gasteiger partial charge in [-0.25, -0.2) is 0 Å². The van der Waals surface area contributed by atoms with Crippen LogP contribution < -0.4 is 0 Å². The van der Waals surface area contributed by atoms with E-state index in [1.807, 2.05) is 20.9 Å². The monoisotopic (exact) mass is 275 g/mol. The minimum Gasteiger partial charge on any atom is -0.424 e. The van der Waals surface area contributed by atoms with Gasteiger partial charge in [-0.05, 0) is 14.0 Å². The van der Waals surface area contributed by atoms with Crippen LogP contribution >= 0.6 is 0 Å². The molecule has 2 rings (SSSR count). The van der Waals surface area contributed by atoms with E-state index >= 15 is 0 Å². The summed E-state index contributed by atoms with van der Waals surface area (Å²) in [5, 5.41) is 8.13. The quantitative estimate of drug-likeness (QED) is 0.803. The lowest BCUT2D eigenvalue weighted by atomic mass is 10.1. The SMILES string of the molecule is CC(C)c1nnc(CN(C)C(C)Cc2cnccn2)o1. The molecule has 2 heterocycles. The summed E-state index contributed by atoms with van der Waals surface area (Å²) in [6, 6.07) is 0.320. The van der Waals surface area contributed by atoms with Crippen molar-refractivity contribution in [3.8, 4) is 0 Å². The largest absolute Gasteiger partial charge is 0.424 e. The van der Waals surface area contributed by atoms with E-state index in [1.165, 1.54) is 0 Å². The van der Waals surface area contributed by atoms with E-state index in [2.05, 4.69) is 32.0 Å². The zero-order valence-electron chi connectivity index (χ0n) is 12.4. The van der Waals surface area contributed by atoms with Crippen molar-refractivity contribution in [2.45, 2.75) is 45.7 Å². The zero-order chi connectivity index (χ0) is 14.5. The molecule has 0 aromatic carbocycles. The summed E-state index contributed by atoms with van der Waals surface area (Å²) < 4.78 is 5.62. The van der Waals surface area contributed by atoms with Gasteiger partial charge in [0.05, 0.1) is 12.2 Å². The molecule has 0 N–H and O–H groups in total. The molecule has 0 amide bonds. The second-order valence-corrected chi connectivity index (χ2v) is 5.35. The topological polar surface area (TPSA) is 67.9 Å². The molecule has 6 heteroatoms. The summed E-state index contributed by atoms with van der Waals surface area (Å²) in [5.74, 6) is 1.61. The van der Waals surface area contributed by atoms with Gasteiger partial charge in [0.25, 0.3) is 0 Å². The van der Waals surface area contributed by atoms with E-state index in [1.54, 1.807) is 18.6 Å². The van der Waals surface area contributed by atoms with E-state index in [0.717, 1.165) is 12.1 Å². The smallest absolute Gasteiger partial charge is 0.230 e. The fourth-order valence-corrected chi connectivity index (χ4v) is 1.83. The number of nitrogens with zero attached hydrogens (tertiary/aromatic N) is 5. The third-order valence-electron chi connectivity index (χ3n) is 3.23. The zero-order valence-corrected chi connectivity index (χ0v) is 12.4. The van der Waals surface area contributed by atoms with Crippen LogP contribution in [0.4, 0.5) is 0 Å². The van der Waals surface area contributed by atoms with E-state index in [9.17, 15) is 0 Å². The van der Waals surface area contributed by atoms with Crippen LogP contribution in [0.25, 0.3) is 0 Å². The summed E-state index contributed by atoms with van der Waals surface area (Å²) in [5.41, 5.74) is 0.986. The molecule has 0 saturated carbocycles. The van der Waals surface area contributed by atoms with Gasteiger partial charge in [0.1, 0.15) is 0 Å². The molecule has 108 valence electrons. The van der Waals surface area contributed by atoms with Gasteiger partial charge < -0.3 is 4.42 Å². The third kappa shape index (κ3) is 3.84. The van der Waals surface area contributed by atoms with E-state index in [0.29, 0.717) is 24.4 Å². The van der Waals surface area contributed by atoms with Gasteiger partial charge in [0.2, 0.25) is 11.8 Å². The number of aromatic nitrogens is 4. The highest BCUT2D eigenvalue weighted by Crippen LogP contribution is 2.14. The van der Waals surface area contributed by atoms with Gasteiger partial charge in [-0.1, -0.05) is 13.8 Å². The number of hydrogen-bond acceptors (Lipinski definition) is 6. The predicted octanol–water partition coefficient (Wildman–Crippen LogP) is 2.05. The molecular formula is C14H21N5O. The van der Waals surface area contributed by atoms with E-state index in [4.69, 9.17) is 4.42 Å². The van der Waals surface area contributed by atoms with Crippen LogP contribution in [0.1, 0.15) is 44.2 Å². The minimum atomic E-state index is 0.263. The van der Waals surface area contributed by atoms with Crippen LogP contribution in [-0.4, -0.2) is 38.2 Å². The normalized spacial score (nSPS) is 13.1. The molecule has 0 saturated heterocycles. The second-order valence-electron chi connectivity index (χ2n) is 5.35. The number of rotatable bonds is 6. The molecular weight excluding hydrogens is 254 g/mol. The van der Waals surface area contributed by atoms with Gasteiger partial charge in [0.15, 0.2) is 0 Å².